The molecule has 0 spiro atoms. The van der Waals surface area contributed by atoms with Gasteiger partial charge in [-0.3, -0.25) is 0 Å². The van der Waals surface area contributed by atoms with Crippen LogP contribution >= 0.6 is 0 Å². The van der Waals surface area contributed by atoms with Crippen LogP contribution < -0.4 is 5.32 Å². The van der Waals surface area contributed by atoms with Gasteiger partial charge in [-0.1, -0.05) is 25.1 Å². The van der Waals surface area contributed by atoms with Gasteiger partial charge in [-0.2, -0.15) is 0 Å². The third kappa shape index (κ3) is 3.30. The van der Waals surface area contributed by atoms with Crippen molar-refractivity contribution >= 4 is 0 Å². The van der Waals surface area contributed by atoms with E-state index in [0.29, 0.717) is 6.04 Å². The largest absolute Gasteiger partial charge is 0.380 e. The molecule has 17 heavy (non-hydrogen) atoms. The van der Waals surface area contributed by atoms with E-state index in [1.807, 2.05) is 0 Å². The van der Waals surface area contributed by atoms with Gasteiger partial charge in [0.25, 0.3) is 0 Å². The molecule has 94 valence electrons. The lowest BCUT2D eigenvalue weighted by molar-refractivity contribution is 0.185. The summed E-state index contributed by atoms with van der Waals surface area (Å²) in [4.78, 5) is 0. The number of ether oxygens (including phenoxy) is 1. The van der Waals surface area contributed by atoms with Crippen molar-refractivity contribution in [3.8, 4) is 0 Å². The van der Waals surface area contributed by atoms with E-state index in [1.165, 1.54) is 42.4 Å². The molecule has 0 saturated carbocycles. The van der Waals surface area contributed by atoms with Crippen LogP contribution in [0.15, 0.2) is 18.2 Å². The summed E-state index contributed by atoms with van der Waals surface area (Å²) in [6.45, 7) is 4.08. The summed E-state index contributed by atoms with van der Waals surface area (Å²) in [5, 5.41) is 3.63. The van der Waals surface area contributed by atoms with E-state index in [1.54, 1.807) is 7.11 Å². The standard InChI is InChI=1S/C15H23NO/c1-3-8-16-15-7-6-13-5-4-12(11-17-2)9-14(13)10-15/h4-5,9,15-16H,3,6-8,10-11H2,1-2H3. The zero-order valence-electron chi connectivity index (χ0n) is 11.0. The minimum absolute atomic E-state index is 0.667. The molecule has 1 aromatic carbocycles. The molecule has 1 aromatic rings. The molecule has 0 radical (unpaired) electrons. The molecule has 0 amide bonds. The van der Waals surface area contributed by atoms with Crippen molar-refractivity contribution in [3.63, 3.8) is 0 Å². The van der Waals surface area contributed by atoms with Crippen LogP contribution in [0.5, 0.6) is 0 Å². The Morgan fingerprint density at radius 3 is 3.00 bits per heavy atom. The van der Waals surface area contributed by atoms with Gasteiger partial charge in [0.1, 0.15) is 0 Å². The van der Waals surface area contributed by atoms with Gasteiger partial charge in [0, 0.05) is 13.2 Å². The second-order valence-electron chi connectivity index (χ2n) is 4.93. The maximum absolute atomic E-state index is 5.20. The monoisotopic (exact) mass is 233 g/mol. The third-order valence-electron chi connectivity index (χ3n) is 3.49. The Labute approximate surface area is 104 Å². The summed E-state index contributed by atoms with van der Waals surface area (Å²) < 4.78 is 5.20. The molecule has 2 rings (SSSR count). The normalized spacial score (nSPS) is 19.1. The summed E-state index contributed by atoms with van der Waals surface area (Å²) in [7, 11) is 1.76. The van der Waals surface area contributed by atoms with Crippen LogP contribution in [0.4, 0.5) is 0 Å². The zero-order chi connectivity index (χ0) is 12.1. The Balaban J connectivity index is 2.04. The second kappa shape index (κ2) is 6.18. The molecule has 1 aliphatic rings. The van der Waals surface area contributed by atoms with Gasteiger partial charge in [0.2, 0.25) is 0 Å². The Morgan fingerprint density at radius 2 is 2.24 bits per heavy atom. The highest BCUT2D eigenvalue weighted by Crippen LogP contribution is 2.23. The van der Waals surface area contributed by atoms with Crippen molar-refractivity contribution in [2.45, 2.75) is 45.3 Å². The van der Waals surface area contributed by atoms with Crippen molar-refractivity contribution in [3.05, 3.63) is 34.9 Å². The van der Waals surface area contributed by atoms with Crippen LogP contribution in [-0.2, 0) is 24.2 Å². The molecular formula is C15H23NO. The molecule has 1 unspecified atom stereocenters. The molecule has 1 atom stereocenters. The molecule has 1 aliphatic carbocycles. The molecule has 0 aromatic heterocycles. The predicted molar refractivity (Wildman–Crippen MR) is 71.3 cm³/mol. The summed E-state index contributed by atoms with van der Waals surface area (Å²) in [5.74, 6) is 0. The highest BCUT2D eigenvalue weighted by molar-refractivity contribution is 5.34. The molecule has 2 nitrogen and oxygen atoms in total. The van der Waals surface area contributed by atoms with Crippen LogP contribution in [0, 0.1) is 0 Å². The van der Waals surface area contributed by atoms with Gasteiger partial charge in [0.15, 0.2) is 0 Å². The molecule has 0 saturated heterocycles. The number of hydrogen-bond donors (Lipinski definition) is 1. The SMILES string of the molecule is CCCNC1CCc2ccc(COC)cc2C1. The van der Waals surface area contributed by atoms with Crippen LogP contribution in [-0.4, -0.2) is 19.7 Å². The van der Waals surface area contributed by atoms with Crippen LogP contribution in [0.25, 0.3) is 0 Å². The van der Waals surface area contributed by atoms with E-state index < -0.39 is 0 Å². The lowest BCUT2D eigenvalue weighted by Gasteiger charge is -2.26. The van der Waals surface area contributed by atoms with Gasteiger partial charge in [-0.05, 0) is 48.9 Å². The zero-order valence-corrected chi connectivity index (χ0v) is 11.0. The third-order valence-corrected chi connectivity index (χ3v) is 3.49. The Bertz CT molecular complexity index is 362. The lowest BCUT2D eigenvalue weighted by atomic mass is 9.87. The van der Waals surface area contributed by atoms with Gasteiger partial charge in [0.05, 0.1) is 6.61 Å². The second-order valence-corrected chi connectivity index (χ2v) is 4.93. The van der Waals surface area contributed by atoms with E-state index >= 15 is 0 Å². The summed E-state index contributed by atoms with van der Waals surface area (Å²) in [5.41, 5.74) is 4.33. The molecule has 0 heterocycles. The van der Waals surface area contributed by atoms with Crippen molar-refractivity contribution in [1.29, 1.82) is 0 Å². The van der Waals surface area contributed by atoms with Gasteiger partial charge < -0.3 is 10.1 Å². The number of fused-ring (bicyclic) bond motifs is 1. The fourth-order valence-electron chi connectivity index (χ4n) is 2.59. The number of hydrogen-bond acceptors (Lipinski definition) is 2. The minimum Gasteiger partial charge on any atom is -0.380 e. The van der Waals surface area contributed by atoms with Gasteiger partial charge >= 0.3 is 0 Å². The van der Waals surface area contributed by atoms with Crippen molar-refractivity contribution < 1.29 is 4.74 Å². The maximum Gasteiger partial charge on any atom is 0.0713 e. The number of rotatable bonds is 5. The molecule has 2 heteroatoms. The first-order valence-corrected chi connectivity index (χ1v) is 6.66. The van der Waals surface area contributed by atoms with E-state index in [9.17, 15) is 0 Å². The summed E-state index contributed by atoms with van der Waals surface area (Å²) in [6.07, 6.45) is 4.88. The Hall–Kier alpha value is -0.860. The van der Waals surface area contributed by atoms with Crippen molar-refractivity contribution in [2.75, 3.05) is 13.7 Å². The van der Waals surface area contributed by atoms with Crippen LogP contribution in [0.1, 0.15) is 36.5 Å². The average molecular weight is 233 g/mol. The van der Waals surface area contributed by atoms with Crippen LogP contribution in [0.2, 0.25) is 0 Å². The fraction of sp³-hybridized carbons (Fsp3) is 0.600. The van der Waals surface area contributed by atoms with E-state index in [2.05, 4.69) is 30.4 Å². The highest BCUT2D eigenvalue weighted by Gasteiger charge is 2.17. The number of aryl methyl sites for hydroxylation is 1. The summed E-state index contributed by atoms with van der Waals surface area (Å²) >= 11 is 0. The first-order chi connectivity index (χ1) is 8.33. The lowest BCUT2D eigenvalue weighted by Crippen LogP contribution is -2.35. The van der Waals surface area contributed by atoms with E-state index in [4.69, 9.17) is 4.74 Å². The average Bonchev–Trinajstić information content (AvgIpc) is 2.36. The number of benzene rings is 1. The summed E-state index contributed by atoms with van der Waals surface area (Å²) in [6, 6.07) is 7.46. The molecule has 0 fully saturated rings. The molecule has 1 N–H and O–H groups in total. The number of nitrogens with one attached hydrogen (secondary N) is 1. The van der Waals surface area contributed by atoms with Crippen LogP contribution in [0.3, 0.4) is 0 Å². The quantitative estimate of drug-likeness (QED) is 0.844. The van der Waals surface area contributed by atoms with Crippen molar-refractivity contribution in [2.24, 2.45) is 0 Å². The Morgan fingerprint density at radius 1 is 1.35 bits per heavy atom. The topological polar surface area (TPSA) is 21.3 Å². The molecular weight excluding hydrogens is 210 g/mol. The first-order valence-electron chi connectivity index (χ1n) is 6.66. The molecule has 0 aliphatic heterocycles. The minimum atomic E-state index is 0.667. The molecule has 0 bridgehead atoms. The van der Waals surface area contributed by atoms with E-state index in [-0.39, 0.29) is 0 Å². The fourth-order valence-corrected chi connectivity index (χ4v) is 2.59. The van der Waals surface area contributed by atoms with Gasteiger partial charge in [-0.15, -0.1) is 0 Å². The number of methoxy groups -OCH3 is 1. The predicted octanol–water partition coefficient (Wildman–Crippen LogP) is 2.69. The first kappa shape index (κ1) is 12.6. The van der Waals surface area contributed by atoms with Crippen molar-refractivity contribution in [1.82, 2.24) is 5.32 Å². The van der Waals surface area contributed by atoms with E-state index in [0.717, 1.165) is 13.2 Å². The highest BCUT2D eigenvalue weighted by atomic mass is 16.5. The smallest absolute Gasteiger partial charge is 0.0713 e. The maximum atomic E-state index is 5.20. The Kier molecular flexibility index (Phi) is 4.57. The van der Waals surface area contributed by atoms with Gasteiger partial charge in [-0.25, -0.2) is 0 Å².